The molecule has 0 aromatic heterocycles. The van der Waals surface area contributed by atoms with Crippen LogP contribution in [0.4, 0.5) is 0 Å². The van der Waals surface area contributed by atoms with E-state index in [4.69, 9.17) is 9.47 Å². The molecule has 1 aliphatic rings. The molecule has 132 valence electrons. The zero-order valence-corrected chi connectivity index (χ0v) is 14.8. The maximum atomic E-state index is 11.3. The van der Waals surface area contributed by atoms with E-state index in [1.807, 2.05) is 12.1 Å². The van der Waals surface area contributed by atoms with Crippen molar-refractivity contribution < 1.29 is 19.1 Å². The van der Waals surface area contributed by atoms with Gasteiger partial charge in [-0.05, 0) is 56.0 Å². The van der Waals surface area contributed by atoms with Crippen LogP contribution in [0.5, 0.6) is 5.75 Å². The van der Waals surface area contributed by atoms with E-state index in [1.165, 1.54) is 19.6 Å². The lowest BCUT2D eigenvalue weighted by atomic mass is 9.86. The first-order valence-corrected chi connectivity index (χ1v) is 8.65. The van der Waals surface area contributed by atoms with Gasteiger partial charge in [-0.15, -0.1) is 0 Å². The normalized spacial score (nSPS) is 16.6. The number of fused-ring (bicyclic) bond motifs is 1. The topological polar surface area (TPSA) is 55.8 Å². The van der Waals surface area contributed by atoms with Crippen LogP contribution in [-0.2, 0) is 27.2 Å². The van der Waals surface area contributed by atoms with Crippen molar-refractivity contribution in [3.63, 3.8) is 0 Å². The fourth-order valence-corrected chi connectivity index (χ4v) is 3.44. The number of nitrogens with zero attached hydrogens (tertiary/aromatic N) is 1. The van der Waals surface area contributed by atoms with E-state index in [2.05, 4.69) is 17.9 Å². The van der Waals surface area contributed by atoms with Gasteiger partial charge in [-0.2, -0.15) is 0 Å². The summed E-state index contributed by atoms with van der Waals surface area (Å²) in [5.74, 6) is 0.279. The van der Waals surface area contributed by atoms with Crippen LogP contribution in [0.3, 0.4) is 0 Å². The molecule has 1 aromatic carbocycles. The number of methoxy groups -OCH3 is 1. The fourth-order valence-electron chi connectivity index (χ4n) is 3.44. The van der Waals surface area contributed by atoms with Gasteiger partial charge < -0.3 is 14.4 Å². The van der Waals surface area contributed by atoms with E-state index >= 15 is 0 Å². The number of hydrogen-bond acceptors (Lipinski definition) is 5. The molecule has 1 aromatic rings. The summed E-state index contributed by atoms with van der Waals surface area (Å²) in [6.45, 7) is 5.45. The number of hydrogen-bond donors (Lipinski definition) is 0. The Morgan fingerprint density at radius 3 is 2.79 bits per heavy atom. The first kappa shape index (κ1) is 18.5. The SMILES string of the molecule is CCN(CCCC(=O)OC)C1CCc2c(cccc2OC(C)=O)C1. The molecular formula is C19H27NO4. The zero-order chi connectivity index (χ0) is 17.5. The van der Waals surface area contributed by atoms with Gasteiger partial charge in [0.15, 0.2) is 0 Å². The minimum atomic E-state index is -0.275. The van der Waals surface area contributed by atoms with Crippen LogP contribution < -0.4 is 4.74 Å². The molecule has 2 rings (SSSR count). The summed E-state index contributed by atoms with van der Waals surface area (Å²) in [5.41, 5.74) is 2.42. The van der Waals surface area contributed by atoms with E-state index in [9.17, 15) is 9.59 Å². The molecule has 0 bridgehead atoms. The van der Waals surface area contributed by atoms with Gasteiger partial charge in [-0.1, -0.05) is 19.1 Å². The quantitative estimate of drug-likeness (QED) is 0.567. The lowest BCUT2D eigenvalue weighted by molar-refractivity contribution is -0.140. The van der Waals surface area contributed by atoms with E-state index in [0.29, 0.717) is 18.2 Å². The average Bonchev–Trinajstić information content (AvgIpc) is 2.58. The molecule has 1 atom stereocenters. The second-order valence-electron chi connectivity index (χ2n) is 6.19. The Balaban J connectivity index is 2.00. The second kappa shape index (κ2) is 8.83. The van der Waals surface area contributed by atoms with Gasteiger partial charge in [0.05, 0.1) is 7.11 Å². The summed E-state index contributed by atoms with van der Waals surface area (Å²) < 4.78 is 10.0. The standard InChI is InChI=1S/C19H27NO4/c1-4-20(12-6-9-19(22)23-3)16-10-11-17-15(13-16)7-5-8-18(17)24-14(2)21/h5,7-8,16H,4,6,9-13H2,1-3H3. The lowest BCUT2D eigenvalue weighted by Gasteiger charge is -2.35. The van der Waals surface area contributed by atoms with Gasteiger partial charge in [0.1, 0.15) is 5.75 Å². The Kier molecular flexibility index (Phi) is 6.79. The molecule has 0 saturated heterocycles. The molecule has 0 amide bonds. The third-order valence-electron chi connectivity index (χ3n) is 4.64. The van der Waals surface area contributed by atoms with Gasteiger partial charge >= 0.3 is 11.9 Å². The Morgan fingerprint density at radius 2 is 2.12 bits per heavy atom. The van der Waals surface area contributed by atoms with Gasteiger partial charge in [-0.25, -0.2) is 0 Å². The van der Waals surface area contributed by atoms with Crippen LogP contribution in [0, 0.1) is 0 Å². The van der Waals surface area contributed by atoms with Crippen molar-refractivity contribution >= 4 is 11.9 Å². The van der Waals surface area contributed by atoms with E-state index in [0.717, 1.165) is 44.3 Å². The summed E-state index contributed by atoms with van der Waals surface area (Å²) in [6, 6.07) is 6.41. The van der Waals surface area contributed by atoms with Crippen LogP contribution in [0.25, 0.3) is 0 Å². The first-order chi connectivity index (χ1) is 11.5. The summed E-state index contributed by atoms with van der Waals surface area (Å²) in [6.07, 6.45) is 4.19. The van der Waals surface area contributed by atoms with Gasteiger partial charge in [-0.3, -0.25) is 9.59 Å². The summed E-state index contributed by atoms with van der Waals surface area (Å²) in [7, 11) is 1.43. The average molecular weight is 333 g/mol. The Bertz CT molecular complexity index is 585. The summed E-state index contributed by atoms with van der Waals surface area (Å²) in [5, 5.41) is 0. The monoisotopic (exact) mass is 333 g/mol. The number of carbonyl (C=O) groups excluding carboxylic acids is 2. The van der Waals surface area contributed by atoms with Crippen molar-refractivity contribution in [2.45, 2.75) is 52.0 Å². The Hall–Kier alpha value is -1.88. The molecular weight excluding hydrogens is 306 g/mol. The Morgan fingerprint density at radius 1 is 1.33 bits per heavy atom. The van der Waals surface area contributed by atoms with Gasteiger partial charge in [0.2, 0.25) is 0 Å². The summed E-state index contributed by atoms with van der Waals surface area (Å²) >= 11 is 0. The van der Waals surface area contributed by atoms with Gasteiger partial charge in [0.25, 0.3) is 0 Å². The number of carbonyl (C=O) groups is 2. The van der Waals surface area contributed by atoms with Crippen LogP contribution in [0.1, 0.15) is 44.2 Å². The second-order valence-corrected chi connectivity index (χ2v) is 6.19. The maximum absolute atomic E-state index is 11.3. The van der Waals surface area contributed by atoms with Crippen LogP contribution >= 0.6 is 0 Å². The summed E-state index contributed by atoms with van der Waals surface area (Å²) in [4.78, 5) is 24.9. The minimum absolute atomic E-state index is 0.147. The van der Waals surface area contributed by atoms with Crippen LogP contribution in [0.15, 0.2) is 18.2 Å². The van der Waals surface area contributed by atoms with Crippen molar-refractivity contribution in [1.82, 2.24) is 4.90 Å². The maximum Gasteiger partial charge on any atom is 0.308 e. The Labute approximate surface area is 143 Å². The third kappa shape index (κ3) is 4.81. The highest BCUT2D eigenvalue weighted by molar-refractivity contribution is 5.70. The first-order valence-electron chi connectivity index (χ1n) is 8.65. The van der Waals surface area contributed by atoms with E-state index in [1.54, 1.807) is 0 Å². The van der Waals surface area contributed by atoms with Crippen molar-refractivity contribution in [2.24, 2.45) is 0 Å². The molecule has 1 unspecified atom stereocenters. The van der Waals surface area contributed by atoms with Crippen LogP contribution in [0.2, 0.25) is 0 Å². The third-order valence-corrected chi connectivity index (χ3v) is 4.64. The molecule has 24 heavy (non-hydrogen) atoms. The van der Waals surface area contributed by atoms with Crippen molar-refractivity contribution in [3.05, 3.63) is 29.3 Å². The van der Waals surface area contributed by atoms with Gasteiger partial charge in [0, 0.05) is 19.4 Å². The number of benzene rings is 1. The largest absolute Gasteiger partial charge is 0.469 e. The molecule has 0 saturated carbocycles. The smallest absolute Gasteiger partial charge is 0.308 e. The van der Waals surface area contributed by atoms with Crippen molar-refractivity contribution in [3.8, 4) is 5.75 Å². The highest BCUT2D eigenvalue weighted by atomic mass is 16.5. The van der Waals surface area contributed by atoms with E-state index in [-0.39, 0.29) is 11.9 Å². The minimum Gasteiger partial charge on any atom is -0.469 e. The highest BCUT2D eigenvalue weighted by Crippen LogP contribution is 2.31. The molecule has 0 spiro atoms. The lowest BCUT2D eigenvalue weighted by Crippen LogP contribution is -2.40. The number of esters is 2. The molecule has 5 heteroatoms. The fraction of sp³-hybridized carbons (Fsp3) is 0.579. The molecule has 0 radical (unpaired) electrons. The van der Waals surface area contributed by atoms with Crippen molar-refractivity contribution in [2.75, 3.05) is 20.2 Å². The molecule has 0 aliphatic heterocycles. The highest BCUT2D eigenvalue weighted by Gasteiger charge is 2.25. The predicted molar refractivity (Wildman–Crippen MR) is 92.1 cm³/mol. The molecule has 0 heterocycles. The number of likely N-dealkylation sites (N-methyl/N-ethyl adjacent to an activating group) is 1. The predicted octanol–water partition coefficient (Wildman–Crippen LogP) is 2.74. The molecule has 1 aliphatic carbocycles. The number of rotatable bonds is 7. The molecule has 0 fully saturated rings. The molecule has 5 nitrogen and oxygen atoms in total. The molecule has 0 N–H and O–H groups in total. The number of ether oxygens (including phenoxy) is 2. The van der Waals surface area contributed by atoms with Crippen LogP contribution in [-0.4, -0.2) is 43.1 Å². The zero-order valence-electron chi connectivity index (χ0n) is 14.8. The van der Waals surface area contributed by atoms with Crippen molar-refractivity contribution in [1.29, 1.82) is 0 Å². The van der Waals surface area contributed by atoms with E-state index < -0.39 is 0 Å².